The molecule has 1 fully saturated rings. The predicted molar refractivity (Wildman–Crippen MR) is 139 cm³/mol. The number of thiazole rings is 1. The normalized spacial score (nSPS) is 20.1. The Morgan fingerprint density at radius 1 is 1.33 bits per heavy atom. The maximum absolute atomic E-state index is 12.9. The second kappa shape index (κ2) is 11.8. The van der Waals surface area contributed by atoms with E-state index in [9.17, 15) is 24.7 Å². The lowest BCUT2D eigenvalue weighted by Crippen LogP contribution is -2.71. The van der Waals surface area contributed by atoms with Crippen molar-refractivity contribution in [3.63, 3.8) is 0 Å². The highest BCUT2D eigenvalue weighted by Gasteiger charge is 2.54. The SMILES string of the molecule is NCCSCc1csc(SC2=C(C(=O)O)N3C(=O)[C@@H](NC(=O)[C@H](NO)c4cccc(N)n4)[C@H]3SC2)n1. The van der Waals surface area contributed by atoms with Gasteiger partial charge in [0.15, 0.2) is 10.4 Å². The number of rotatable bonds is 11. The molecule has 0 unspecified atom stereocenters. The van der Waals surface area contributed by atoms with Gasteiger partial charge in [-0.25, -0.2) is 14.8 Å². The van der Waals surface area contributed by atoms with Crippen LogP contribution in [0.2, 0.25) is 0 Å². The van der Waals surface area contributed by atoms with Crippen LogP contribution in [-0.2, 0) is 20.1 Å². The average molecular weight is 570 g/mol. The predicted octanol–water partition coefficient (Wildman–Crippen LogP) is 0.821. The number of hydrogen-bond acceptors (Lipinski definition) is 13. The molecule has 4 heterocycles. The van der Waals surface area contributed by atoms with E-state index in [1.165, 1.54) is 51.9 Å². The number of fused-ring (bicyclic) bond motifs is 1. The summed E-state index contributed by atoms with van der Waals surface area (Å²) in [7, 11) is 0. The monoisotopic (exact) mass is 569 g/mol. The zero-order valence-electron chi connectivity index (χ0n) is 18.6. The molecule has 2 aliphatic rings. The molecule has 2 aliphatic heterocycles. The Kier molecular flexibility index (Phi) is 8.76. The highest BCUT2D eigenvalue weighted by molar-refractivity contribution is 8.07. The lowest BCUT2D eigenvalue weighted by atomic mass is 10.0. The lowest BCUT2D eigenvalue weighted by Gasteiger charge is -2.49. The number of thioether (sulfide) groups is 3. The van der Waals surface area contributed by atoms with E-state index >= 15 is 0 Å². The van der Waals surface area contributed by atoms with Crippen molar-refractivity contribution in [1.82, 2.24) is 25.7 Å². The molecule has 4 rings (SSSR count). The Labute approximate surface area is 222 Å². The van der Waals surface area contributed by atoms with Crippen LogP contribution in [0.3, 0.4) is 0 Å². The maximum atomic E-state index is 12.9. The van der Waals surface area contributed by atoms with E-state index in [0.29, 0.717) is 21.5 Å². The number of pyridine rings is 1. The van der Waals surface area contributed by atoms with Gasteiger partial charge in [-0.05, 0) is 12.1 Å². The number of nitrogens with two attached hydrogens (primary N) is 2. The van der Waals surface area contributed by atoms with Crippen LogP contribution in [0.5, 0.6) is 0 Å². The molecule has 2 aromatic rings. The quantitative estimate of drug-likeness (QED) is 0.126. The Morgan fingerprint density at radius 2 is 2.14 bits per heavy atom. The van der Waals surface area contributed by atoms with Crippen LogP contribution in [0, 0.1) is 0 Å². The summed E-state index contributed by atoms with van der Waals surface area (Å²) in [5.41, 5.74) is 14.0. The first-order valence-corrected chi connectivity index (χ1v) is 14.5. The van der Waals surface area contributed by atoms with Crippen molar-refractivity contribution in [2.24, 2.45) is 5.73 Å². The van der Waals surface area contributed by atoms with E-state index in [2.05, 4.69) is 15.3 Å². The van der Waals surface area contributed by atoms with Crippen molar-refractivity contribution in [3.8, 4) is 0 Å². The number of carbonyl (C=O) groups excluding carboxylic acids is 2. The van der Waals surface area contributed by atoms with Crippen molar-refractivity contribution in [2.45, 2.75) is 27.6 Å². The summed E-state index contributed by atoms with van der Waals surface area (Å²) in [5.74, 6) is -0.428. The number of carboxylic acids is 1. The van der Waals surface area contributed by atoms with E-state index in [-0.39, 0.29) is 17.2 Å². The number of nitrogen functional groups attached to an aromatic ring is 1. The van der Waals surface area contributed by atoms with Crippen LogP contribution >= 0.6 is 46.6 Å². The fourth-order valence-electron chi connectivity index (χ4n) is 3.56. The van der Waals surface area contributed by atoms with Gasteiger partial charge in [-0.2, -0.15) is 17.2 Å². The zero-order valence-corrected chi connectivity index (χ0v) is 21.9. The largest absolute Gasteiger partial charge is 0.477 e. The smallest absolute Gasteiger partial charge is 0.353 e. The molecular formula is C20H23N7O5S4. The van der Waals surface area contributed by atoms with Gasteiger partial charge in [0, 0.05) is 34.1 Å². The van der Waals surface area contributed by atoms with Crippen LogP contribution in [0.15, 0.2) is 38.5 Å². The third-order valence-corrected chi connectivity index (χ3v) is 9.72. The van der Waals surface area contributed by atoms with Crippen molar-refractivity contribution in [3.05, 3.63) is 45.6 Å². The van der Waals surface area contributed by atoms with Crippen molar-refractivity contribution >= 4 is 70.2 Å². The third kappa shape index (κ3) is 5.64. The molecule has 16 heteroatoms. The summed E-state index contributed by atoms with van der Waals surface area (Å²) in [6.45, 7) is 0.587. The van der Waals surface area contributed by atoms with E-state index in [1.807, 2.05) is 10.9 Å². The lowest BCUT2D eigenvalue weighted by molar-refractivity contribution is -0.151. The maximum Gasteiger partial charge on any atom is 0.353 e. The molecule has 0 aliphatic carbocycles. The molecule has 0 radical (unpaired) electrons. The molecule has 36 heavy (non-hydrogen) atoms. The summed E-state index contributed by atoms with van der Waals surface area (Å²) < 4.78 is 0.690. The number of anilines is 1. The molecule has 2 amide bonds. The van der Waals surface area contributed by atoms with E-state index < -0.39 is 35.2 Å². The average Bonchev–Trinajstić information content (AvgIpc) is 3.30. The number of carbonyl (C=O) groups is 3. The highest BCUT2D eigenvalue weighted by atomic mass is 32.2. The molecule has 1 saturated heterocycles. The fourth-order valence-corrected chi connectivity index (χ4v) is 7.81. The van der Waals surface area contributed by atoms with Gasteiger partial charge in [0.2, 0.25) is 5.91 Å². The number of aliphatic carboxylic acids is 1. The Morgan fingerprint density at radius 3 is 2.83 bits per heavy atom. The molecule has 8 N–H and O–H groups in total. The topological polar surface area (TPSA) is 197 Å². The van der Waals surface area contributed by atoms with Crippen LogP contribution in [0.25, 0.3) is 0 Å². The number of hydroxylamine groups is 1. The van der Waals surface area contributed by atoms with Gasteiger partial charge >= 0.3 is 5.97 Å². The van der Waals surface area contributed by atoms with Crippen molar-refractivity contribution in [1.29, 1.82) is 0 Å². The van der Waals surface area contributed by atoms with E-state index in [4.69, 9.17) is 11.5 Å². The minimum absolute atomic E-state index is 0.108. The number of nitrogens with one attached hydrogen (secondary N) is 2. The first-order valence-electron chi connectivity index (χ1n) is 10.6. The molecule has 3 atom stereocenters. The van der Waals surface area contributed by atoms with Crippen LogP contribution in [0.1, 0.15) is 17.4 Å². The molecule has 0 bridgehead atoms. The Hall–Kier alpha value is -2.34. The number of amides is 2. The standard InChI is InChI=1S/C20H23N7O5S4/c21-4-5-33-6-9-7-35-20(23-9)36-11-8-34-18-14(17(29)27(18)15(11)19(30)31)25-16(28)13(26-32)10-2-1-3-12(22)24-10/h1-3,7,13-14,18,26,32H,4-6,8,21H2,(H2,22,24)(H,25,28)(H,30,31)/t13-,14-,18-/m1/s1. The summed E-state index contributed by atoms with van der Waals surface area (Å²) in [4.78, 5) is 48.1. The van der Waals surface area contributed by atoms with Gasteiger partial charge in [-0.15, -0.1) is 23.1 Å². The number of hydrogen-bond donors (Lipinski definition) is 6. The van der Waals surface area contributed by atoms with E-state index in [0.717, 1.165) is 17.2 Å². The van der Waals surface area contributed by atoms with Gasteiger partial charge in [0.05, 0.1) is 11.4 Å². The second-order valence-corrected chi connectivity index (χ2v) is 12.0. The number of β-lactam (4-membered cyclic amide) rings is 1. The molecule has 0 saturated carbocycles. The van der Waals surface area contributed by atoms with Crippen molar-refractivity contribution in [2.75, 3.05) is 23.8 Å². The molecular weight excluding hydrogens is 547 g/mol. The first kappa shape index (κ1) is 26.7. The third-order valence-electron chi connectivity index (χ3n) is 5.17. The van der Waals surface area contributed by atoms with Gasteiger partial charge in [0.25, 0.3) is 5.91 Å². The van der Waals surface area contributed by atoms with Crippen LogP contribution in [-0.4, -0.2) is 72.4 Å². The molecule has 12 nitrogen and oxygen atoms in total. The molecule has 192 valence electrons. The Balaban J connectivity index is 1.46. The fraction of sp³-hybridized carbons (Fsp3) is 0.350. The van der Waals surface area contributed by atoms with Gasteiger partial charge in [0.1, 0.15) is 22.9 Å². The highest BCUT2D eigenvalue weighted by Crippen LogP contribution is 2.45. The zero-order chi connectivity index (χ0) is 25.8. The molecule has 2 aromatic heterocycles. The molecule has 0 aromatic carbocycles. The second-order valence-electron chi connectivity index (χ2n) is 7.57. The molecule has 0 spiro atoms. The summed E-state index contributed by atoms with van der Waals surface area (Å²) in [6.07, 6.45) is 0. The van der Waals surface area contributed by atoms with Gasteiger partial charge < -0.3 is 27.1 Å². The minimum Gasteiger partial charge on any atom is -0.477 e. The number of nitrogens with zero attached hydrogens (tertiary/aromatic N) is 3. The number of aromatic nitrogens is 2. The number of carboxylic acid groups (broad SMARTS) is 1. The van der Waals surface area contributed by atoms with Gasteiger partial charge in [-0.3, -0.25) is 14.5 Å². The van der Waals surface area contributed by atoms with Crippen LogP contribution < -0.4 is 22.3 Å². The summed E-state index contributed by atoms with van der Waals surface area (Å²) in [5, 5.41) is 23.3. The summed E-state index contributed by atoms with van der Waals surface area (Å²) in [6, 6.07) is 2.41. The minimum atomic E-state index is -1.26. The van der Waals surface area contributed by atoms with Crippen LogP contribution in [0.4, 0.5) is 5.82 Å². The van der Waals surface area contributed by atoms with Crippen molar-refractivity contribution < 1.29 is 24.7 Å². The Bertz CT molecular complexity index is 1190. The van der Waals surface area contributed by atoms with Gasteiger partial charge in [-0.1, -0.05) is 17.8 Å². The van der Waals surface area contributed by atoms with E-state index in [1.54, 1.807) is 17.8 Å². The first-order chi connectivity index (χ1) is 17.3. The summed E-state index contributed by atoms with van der Waals surface area (Å²) >= 11 is 5.66.